The van der Waals surface area contributed by atoms with Gasteiger partial charge in [-0.25, -0.2) is 4.98 Å². The van der Waals surface area contributed by atoms with E-state index in [1.54, 1.807) is 7.11 Å². The Hall–Kier alpha value is -2.53. The molecule has 0 fully saturated rings. The summed E-state index contributed by atoms with van der Waals surface area (Å²) >= 11 is 1.48. The number of nitrogen functional groups attached to an aromatic ring is 1. The first-order chi connectivity index (χ1) is 13.7. The maximum Gasteiger partial charge on any atom is 0.180 e. The minimum absolute atomic E-state index is 0.149. The first-order valence-corrected chi connectivity index (χ1v) is 10.6. The fourth-order valence-electron chi connectivity index (χ4n) is 3.19. The summed E-state index contributed by atoms with van der Waals surface area (Å²) in [5.41, 5.74) is 9.35. The topological polar surface area (TPSA) is 57.4 Å². The fraction of sp³-hybridized carbons (Fsp3) is 0.348. The maximum atomic E-state index is 5.90. The van der Waals surface area contributed by atoms with Crippen molar-refractivity contribution in [1.82, 2.24) is 4.98 Å². The van der Waals surface area contributed by atoms with Crippen molar-refractivity contribution >= 4 is 16.5 Å². The van der Waals surface area contributed by atoms with E-state index >= 15 is 0 Å². The summed E-state index contributed by atoms with van der Waals surface area (Å²) in [5, 5.41) is 2.66. The van der Waals surface area contributed by atoms with Gasteiger partial charge in [0.25, 0.3) is 0 Å². The summed E-state index contributed by atoms with van der Waals surface area (Å²) in [6, 6.07) is 16.6. The second kappa shape index (κ2) is 10.1. The number of hydrogen-bond donors (Lipinski definition) is 1. The summed E-state index contributed by atoms with van der Waals surface area (Å²) in [6.07, 6.45) is 4.35. The molecule has 0 aliphatic heterocycles. The van der Waals surface area contributed by atoms with E-state index in [0.29, 0.717) is 5.13 Å². The van der Waals surface area contributed by atoms with E-state index in [-0.39, 0.29) is 5.92 Å². The van der Waals surface area contributed by atoms with Gasteiger partial charge in [-0.05, 0) is 48.2 Å². The Labute approximate surface area is 171 Å². The van der Waals surface area contributed by atoms with Gasteiger partial charge in [0.2, 0.25) is 0 Å². The second-order valence-corrected chi connectivity index (χ2v) is 7.73. The van der Waals surface area contributed by atoms with Crippen molar-refractivity contribution in [2.45, 2.75) is 38.5 Å². The first kappa shape index (κ1) is 20.2. The zero-order valence-corrected chi connectivity index (χ0v) is 17.4. The number of benzene rings is 2. The third kappa shape index (κ3) is 5.49. The van der Waals surface area contributed by atoms with Crippen LogP contribution >= 0.6 is 11.3 Å². The molecule has 3 aromatic rings. The Bertz CT molecular complexity index is 844. The van der Waals surface area contributed by atoms with Gasteiger partial charge in [0.15, 0.2) is 5.13 Å². The average molecular weight is 397 g/mol. The highest BCUT2D eigenvalue weighted by Gasteiger charge is 2.18. The number of nitrogens with zero attached hydrogens (tertiary/aromatic N) is 1. The van der Waals surface area contributed by atoms with E-state index in [1.165, 1.54) is 35.3 Å². The van der Waals surface area contributed by atoms with E-state index in [1.807, 2.05) is 12.1 Å². The minimum atomic E-state index is 0.149. The lowest BCUT2D eigenvalue weighted by molar-refractivity contribution is 0.306. The molecule has 0 amide bonds. The van der Waals surface area contributed by atoms with Crippen LogP contribution in [0.3, 0.4) is 0 Å². The number of nitrogens with two attached hydrogens (primary N) is 1. The summed E-state index contributed by atoms with van der Waals surface area (Å²) in [5.74, 6) is 1.93. The maximum absolute atomic E-state index is 5.90. The van der Waals surface area contributed by atoms with Crippen molar-refractivity contribution in [2.24, 2.45) is 0 Å². The number of ether oxygens (including phenoxy) is 2. The largest absolute Gasteiger partial charge is 0.497 e. The average Bonchev–Trinajstić information content (AvgIpc) is 3.16. The smallest absolute Gasteiger partial charge is 0.180 e. The number of anilines is 1. The van der Waals surface area contributed by atoms with Crippen LogP contribution < -0.4 is 15.2 Å². The second-order valence-electron chi connectivity index (χ2n) is 6.84. The quantitative estimate of drug-likeness (QED) is 0.448. The highest BCUT2D eigenvalue weighted by molar-refractivity contribution is 7.13. The van der Waals surface area contributed by atoms with Gasteiger partial charge in [-0.15, -0.1) is 11.3 Å². The Morgan fingerprint density at radius 1 is 1.00 bits per heavy atom. The summed E-state index contributed by atoms with van der Waals surface area (Å²) < 4.78 is 11.1. The Kier molecular flexibility index (Phi) is 7.31. The van der Waals surface area contributed by atoms with Crippen molar-refractivity contribution in [3.8, 4) is 11.5 Å². The number of hydrogen-bond acceptors (Lipinski definition) is 5. The molecule has 2 N–H and O–H groups in total. The first-order valence-electron chi connectivity index (χ1n) is 9.76. The fourth-order valence-corrected chi connectivity index (χ4v) is 3.81. The zero-order valence-electron chi connectivity index (χ0n) is 16.6. The van der Waals surface area contributed by atoms with Crippen LogP contribution in [0.5, 0.6) is 11.5 Å². The Morgan fingerprint density at radius 3 is 2.32 bits per heavy atom. The lowest BCUT2D eigenvalue weighted by atomic mass is 9.89. The molecule has 0 bridgehead atoms. The van der Waals surface area contributed by atoms with Crippen molar-refractivity contribution in [3.63, 3.8) is 0 Å². The molecule has 28 heavy (non-hydrogen) atoms. The van der Waals surface area contributed by atoms with Crippen molar-refractivity contribution in [2.75, 3.05) is 19.5 Å². The molecule has 3 rings (SSSR count). The third-order valence-electron chi connectivity index (χ3n) is 4.79. The molecular weight excluding hydrogens is 368 g/mol. The molecule has 1 unspecified atom stereocenters. The standard InChI is InChI=1S/C23H28N2O2S/c1-3-4-5-14-27-20-12-8-18(9-13-20)21(22-16-28-23(24)25-22)15-17-6-10-19(26-2)11-7-17/h6-13,16,21H,3-5,14-15H2,1-2H3,(H2,24,25). The normalized spacial score (nSPS) is 11.9. The van der Waals surface area contributed by atoms with Gasteiger partial charge in [0.05, 0.1) is 19.4 Å². The molecule has 1 aromatic heterocycles. The summed E-state index contributed by atoms with van der Waals surface area (Å²) in [4.78, 5) is 4.55. The highest BCUT2D eigenvalue weighted by atomic mass is 32.1. The monoisotopic (exact) mass is 396 g/mol. The Balaban J connectivity index is 1.76. The van der Waals surface area contributed by atoms with Gasteiger partial charge in [-0.1, -0.05) is 44.0 Å². The van der Waals surface area contributed by atoms with Crippen LogP contribution in [0.15, 0.2) is 53.9 Å². The van der Waals surface area contributed by atoms with Gasteiger partial charge in [0, 0.05) is 11.3 Å². The van der Waals surface area contributed by atoms with Gasteiger partial charge in [0.1, 0.15) is 11.5 Å². The van der Waals surface area contributed by atoms with E-state index in [0.717, 1.165) is 36.6 Å². The zero-order chi connectivity index (χ0) is 19.8. The summed E-state index contributed by atoms with van der Waals surface area (Å²) in [7, 11) is 1.68. The summed E-state index contributed by atoms with van der Waals surface area (Å²) in [6.45, 7) is 2.97. The van der Waals surface area contributed by atoms with Crippen LogP contribution in [0.2, 0.25) is 0 Å². The number of methoxy groups -OCH3 is 1. The molecule has 1 heterocycles. The van der Waals surface area contributed by atoms with Crippen molar-refractivity contribution in [1.29, 1.82) is 0 Å². The molecule has 148 valence electrons. The van der Waals surface area contributed by atoms with Crippen LogP contribution in [-0.2, 0) is 6.42 Å². The molecule has 0 aliphatic carbocycles. The van der Waals surface area contributed by atoms with Gasteiger partial charge >= 0.3 is 0 Å². The lowest BCUT2D eigenvalue weighted by Gasteiger charge is -2.17. The molecule has 4 nitrogen and oxygen atoms in total. The predicted molar refractivity (Wildman–Crippen MR) is 117 cm³/mol. The van der Waals surface area contributed by atoms with E-state index in [2.05, 4.69) is 53.7 Å². The number of unbranched alkanes of at least 4 members (excludes halogenated alkanes) is 2. The number of thiazole rings is 1. The van der Waals surface area contributed by atoms with Crippen molar-refractivity contribution in [3.05, 3.63) is 70.7 Å². The van der Waals surface area contributed by atoms with Crippen LogP contribution in [0.25, 0.3) is 0 Å². The third-order valence-corrected chi connectivity index (χ3v) is 5.49. The minimum Gasteiger partial charge on any atom is -0.497 e. The number of aromatic nitrogens is 1. The van der Waals surface area contributed by atoms with Crippen LogP contribution in [0.1, 0.15) is 48.9 Å². The molecule has 0 saturated heterocycles. The van der Waals surface area contributed by atoms with Crippen LogP contribution in [0.4, 0.5) is 5.13 Å². The van der Waals surface area contributed by atoms with Gasteiger partial charge < -0.3 is 15.2 Å². The molecule has 0 spiro atoms. The predicted octanol–water partition coefficient (Wildman–Crippen LogP) is 5.68. The van der Waals surface area contributed by atoms with Crippen molar-refractivity contribution < 1.29 is 9.47 Å². The van der Waals surface area contributed by atoms with Crippen LogP contribution in [0, 0.1) is 0 Å². The lowest BCUT2D eigenvalue weighted by Crippen LogP contribution is -2.06. The van der Waals surface area contributed by atoms with Gasteiger partial charge in [-0.2, -0.15) is 0 Å². The van der Waals surface area contributed by atoms with Gasteiger partial charge in [-0.3, -0.25) is 0 Å². The van der Waals surface area contributed by atoms with E-state index in [9.17, 15) is 0 Å². The molecule has 0 radical (unpaired) electrons. The van der Waals surface area contributed by atoms with E-state index < -0.39 is 0 Å². The Morgan fingerprint density at radius 2 is 1.71 bits per heavy atom. The highest BCUT2D eigenvalue weighted by Crippen LogP contribution is 2.31. The molecule has 1 atom stereocenters. The SMILES string of the molecule is CCCCCOc1ccc(C(Cc2ccc(OC)cc2)c2csc(N)n2)cc1. The molecular formula is C23H28N2O2S. The van der Waals surface area contributed by atoms with E-state index in [4.69, 9.17) is 15.2 Å². The molecule has 2 aromatic carbocycles. The number of rotatable bonds is 10. The van der Waals surface area contributed by atoms with Crippen LogP contribution in [-0.4, -0.2) is 18.7 Å². The molecule has 0 aliphatic rings. The molecule has 0 saturated carbocycles. The molecule has 5 heteroatoms.